The van der Waals surface area contributed by atoms with Crippen molar-refractivity contribution >= 4 is 11.8 Å². The average Bonchev–Trinajstić information content (AvgIpc) is 2.91. The van der Waals surface area contributed by atoms with E-state index in [2.05, 4.69) is 17.2 Å². The molecule has 0 spiro atoms. The first-order chi connectivity index (χ1) is 10.6. The minimum atomic E-state index is -0.243. The van der Waals surface area contributed by atoms with Gasteiger partial charge in [-0.25, -0.2) is 0 Å². The third-order valence-electron chi connectivity index (χ3n) is 3.49. The van der Waals surface area contributed by atoms with E-state index >= 15 is 0 Å². The molecular weight excluding hydrogens is 284 g/mol. The highest BCUT2D eigenvalue weighted by molar-refractivity contribution is 5.96. The minimum Gasteiger partial charge on any atom is -0.493 e. The molecule has 2 amide bonds. The van der Waals surface area contributed by atoms with E-state index in [-0.39, 0.29) is 17.9 Å². The summed E-state index contributed by atoms with van der Waals surface area (Å²) in [6, 6.07) is 3.20. The summed E-state index contributed by atoms with van der Waals surface area (Å²) in [5.41, 5.74) is 1.29. The number of allylic oxidation sites excluding steroid dienone is 1. The summed E-state index contributed by atoms with van der Waals surface area (Å²) < 4.78 is 10.6. The fourth-order valence-electron chi connectivity index (χ4n) is 2.46. The number of ether oxygens (including phenoxy) is 2. The molecule has 2 rings (SSSR count). The van der Waals surface area contributed by atoms with Crippen molar-refractivity contribution in [1.29, 1.82) is 0 Å². The average molecular weight is 304 g/mol. The van der Waals surface area contributed by atoms with Gasteiger partial charge in [0.1, 0.15) is 0 Å². The van der Waals surface area contributed by atoms with E-state index in [0.717, 1.165) is 5.56 Å². The topological polar surface area (TPSA) is 76.7 Å². The van der Waals surface area contributed by atoms with Crippen LogP contribution in [0.5, 0.6) is 11.5 Å². The van der Waals surface area contributed by atoms with Crippen LogP contribution in [0, 0.1) is 0 Å². The zero-order chi connectivity index (χ0) is 16.1. The first kappa shape index (κ1) is 15.9. The van der Waals surface area contributed by atoms with Crippen LogP contribution in [0.3, 0.4) is 0 Å². The van der Waals surface area contributed by atoms with Crippen LogP contribution in [0.4, 0.5) is 0 Å². The maximum Gasteiger partial charge on any atom is 0.251 e. The Bertz CT molecular complexity index is 598. The summed E-state index contributed by atoms with van der Waals surface area (Å²) in [6.45, 7) is 4.17. The maximum atomic E-state index is 12.4. The fourth-order valence-corrected chi connectivity index (χ4v) is 2.46. The molecule has 6 nitrogen and oxygen atoms in total. The number of amides is 2. The molecule has 1 saturated heterocycles. The smallest absolute Gasteiger partial charge is 0.251 e. The minimum absolute atomic E-state index is 0.0510. The van der Waals surface area contributed by atoms with Gasteiger partial charge in [0.05, 0.1) is 20.3 Å². The molecular formula is C16H20N2O4. The molecule has 1 aliphatic rings. The van der Waals surface area contributed by atoms with Gasteiger partial charge in [0.2, 0.25) is 5.91 Å². The van der Waals surface area contributed by atoms with Crippen LogP contribution in [-0.2, 0) is 11.2 Å². The Hall–Kier alpha value is -2.50. The standard InChI is InChI=1S/C16H20N2O4/c1-4-5-10-6-11(7-13(21-2)15(10)22-3)16(20)18-12-8-14(19)17-9-12/h4,6-7,12H,1,5,8-9H2,2-3H3,(H,17,19)(H,18,20)/t12-/m1/s1. The zero-order valence-corrected chi connectivity index (χ0v) is 12.8. The van der Waals surface area contributed by atoms with Crippen LogP contribution >= 0.6 is 0 Å². The highest BCUT2D eigenvalue weighted by Gasteiger charge is 2.24. The second-order valence-electron chi connectivity index (χ2n) is 5.04. The molecule has 1 heterocycles. The third-order valence-corrected chi connectivity index (χ3v) is 3.49. The Morgan fingerprint density at radius 3 is 2.77 bits per heavy atom. The first-order valence-corrected chi connectivity index (χ1v) is 7.02. The Morgan fingerprint density at radius 2 is 2.23 bits per heavy atom. The van der Waals surface area contributed by atoms with Gasteiger partial charge in [-0.05, 0) is 18.6 Å². The number of rotatable bonds is 6. The number of benzene rings is 1. The van der Waals surface area contributed by atoms with Gasteiger partial charge in [-0.2, -0.15) is 0 Å². The van der Waals surface area contributed by atoms with Crippen LogP contribution in [0.15, 0.2) is 24.8 Å². The van der Waals surface area contributed by atoms with E-state index in [1.807, 2.05) is 0 Å². The van der Waals surface area contributed by atoms with Gasteiger partial charge >= 0.3 is 0 Å². The molecule has 118 valence electrons. The summed E-state index contributed by atoms with van der Waals surface area (Å²) in [7, 11) is 3.08. The molecule has 1 aromatic rings. The van der Waals surface area contributed by atoms with E-state index in [9.17, 15) is 9.59 Å². The van der Waals surface area contributed by atoms with Crippen LogP contribution in [0.25, 0.3) is 0 Å². The third kappa shape index (κ3) is 3.39. The lowest BCUT2D eigenvalue weighted by Gasteiger charge is -2.15. The van der Waals surface area contributed by atoms with Crippen molar-refractivity contribution in [2.45, 2.75) is 18.9 Å². The molecule has 2 N–H and O–H groups in total. The number of carbonyl (C=O) groups is 2. The van der Waals surface area contributed by atoms with E-state index < -0.39 is 0 Å². The highest BCUT2D eigenvalue weighted by Crippen LogP contribution is 2.33. The van der Waals surface area contributed by atoms with E-state index in [4.69, 9.17) is 9.47 Å². The highest BCUT2D eigenvalue weighted by atomic mass is 16.5. The molecule has 1 atom stereocenters. The number of nitrogens with one attached hydrogen (secondary N) is 2. The van der Waals surface area contributed by atoms with Crippen LogP contribution in [-0.4, -0.2) is 38.6 Å². The van der Waals surface area contributed by atoms with Crippen molar-refractivity contribution in [3.05, 3.63) is 35.9 Å². The number of hydrogen-bond acceptors (Lipinski definition) is 4. The van der Waals surface area contributed by atoms with Gasteiger partial charge in [0.25, 0.3) is 5.91 Å². The van der Waals surface area contributed by atoms with Crippen LogP contribution in [0.1, 0.15) is 22.3 Å². The fraction of sp³-hybridized carbons (Fsp3) is 0.375. The molecule has 1 fully saturated rings. The lowest BCUT2D eigenvalue weighted by atomic mass is 10.0. The number of hydrogen-bond donors (Lipinski definition) is 2. The lowest BCUT2D eigenvalue weighted by molar-refractivity contribution is -0.119. The summed E-state index contributed by atoms with van der Waals surface area (Å²) in [4.78, 5) is 23.5. The van der Waals surface area contributed by atoms with Crippen molar-refractivity contribution in [2.75, 3.05) is 20.8 Å². The van der Waals surface area contributed by atoms with Gasteiger partial charge < -0.3 is 20.1 Å². The summed E-state index contributed by atoms with van der Waals surface area (Å²) >= 11 is 0. The molecule has 22 heavy (non-hydrogen) atoms. The first-order valence-electron chi connectivity index (χ1n) is 7.02. The van der Waals surface area contributed by atoms with E-state index in [1.165, 1.54) is 7.11 Å². The van der Waals surface area contributed by atoms with Crippen molar-refractivity contribution in [3.63, 3.8) is 0 Å². The van der Waals surface area contributed by atoms with E-state index in [0.29, 0.717) is 36.4 Å². The lowest BCUT2D eigenvalue weighted by Crippen LogP contribution is -2.36. The number of carbonyl (C=O) groups excluding carboxylic acids is 2. The van der Waals surface area contributed by atoms with E-state index in [1.54, 1.807) is 25.3 Å². The van der Waals surface area contributed by atoms with Crippen molar-refractivity contribution in [2.24, 2.45) is 0 Å². The quantitative estimate of drug-likeness (QED) is 0.770. The molecule has 0 aliphatic carbocycles. The van der Waals surface area contributed by atoms with Crippen molar-refractivity contribution < 1.29 is 19.1 Å². The molecule has 0 unspecified atom stereocenters. The molecule has 0 saturated carbocycles. The zero-order valence-electron chi connectivity index (χ0n) is 12.8. The molecule has 1 aromatic carbocycles. The molecule has 0 radical (unpaired) electrons. The van der Waals surface area contributed by atoms with Crippen molar-refractivity contribution in [3.8, 4) is 11.5 Å². The Balaban J connectivity index is 2.25. The van der Waals surface area contributed by atoms with Crippen molar-refractivity contribution in [1.82, 2.24) is 10.6 Å². The summed E-state index contributed by atoms with van der Waals surface area (Å²) in [5.74, 6) is 0.794. The SMILES string of the molecule is C=CCc1cc(C(=O)N[C@H]2CNC(=O)C2)cc(OC)c1OC. The summed E-state index contributed by atoms with van der Waals surface area (Å²) in [5, 5.41) is 5.53. The molecule has 0 bridgehead atoms. The predicted molar refractivity (Wildman–Crippen MR) is 82.3 cm³/mol. The second-order valence-corrected chi connectivity index (χ2v) is 5.04. The normalized spacial score (nSPS) is 16.8. The van der Waals surface area contributed by atoms with Gasteiger partial charge in [0, 0.05) is 24.1 Å². The monoisotopic (exact) mass is 304 g/mol. The summed E-state index contributed by atoms with van der Waals surface area (Å²) in [6.07, 6.45) is 2.60. The van der Waals surface area contributed by atoms with Crippen LogP contribution in [0.2, 0.25) is 0 Å². The maximum absolute atomic E-state index is 12.4. The van der Waals surface area contributed by atoms with Gasteiger partial charge in [-0.3, -0.25) is 9.59 Å². The van der Waals surface area contributed by atoms with Crippen LogP contribution < -0.4 is 20.1 Å². The number of methoxy groups -OCH3 is 2. The Morgan fingerprint density at radius 1 is 1.45 bits per heavy atom. The molecule has 1 aliphatic heterocycles. The molecule has 6 heteroatoms. The molecule has 0 aromatic heterocycles. The largest absolute Gasteiger partial charge is 0.493 e. The van der Waals surface area contributed by atoms with Gasteiger partial charge in [-0.15, -0.1) is 6.58 Å². The Labute approximate surface area is 129 Å². The second kappa shape index (κ2) is 6.98. The Kier molecular flexibility index (Phi) is 5.04. The predicted octanol–water partition coefficient (Wildman–Crippen LogP) is 1.05. The van der Waals surface area contributed by atoms with Gasteiger partial charge in [-0.1, -0.05) is 6.08 Å². The van der Waals surface area contributed by atoms with Gasteiger partial charge in [0.15, 0.2) is 11.5 Å².